The third-order valence-electron chi connectivity index (χ3n) is 2.53. The van der Waals surface area contributed by atoms with Crippen LogP contribution < -0.4 is 4.18 Å². The van der Waals surface area contributed by atoms with Crippen LogP contribution in [0, 0.1) is 17.0 Å². The van der Waals surface area contributed by atoms with E-state index < -0.39 is 15.0 Å². The molecule has 0 fully saturated rings. The molecule has 0 saturated carbocycles. The summed E-state index contributed by atoms with van der Waals surface area (Å²) in [7, 11) is -4.08. The van der Waals surface area contributed by atoms with Gasteiger partial charge in [0.15, 0.2) is 0 Å². The molecule has 0 bridgehead atoms. The summed E-state index contributed by atoms with van der Waals surface area (Å²) in [6.07, 6.45) is 1.08. The Labute approximate surface area is 125 Å². The Morgan fingerprint density at radius 2 is 1.90 bits per heavy atom. The maximum Gasteiger partial charge on any atom is 0.340 e. The van der Waals surface area contributed by atoms with Crippen molar-refractivity contribution in [2.45, 2.75) is 11.8 Å². The molecule has 0 N–H and O–H groups in total. The summed E-state index contributed by atoms with van der Waals surface area (Å²) in [6.45, 7) is 1.61. The molecule has 1 aromatic carbocycles. The molecule has 0 amide bonds. The maximum absolute atomic E-state index is 12.0. The van der Waals surface area contributed by atoms with Crippen molar-refractivity contribution in [3.8, 4) is 5.75 Å². The lowest BCUT2D eigenvalue weighted by Gasteiger charge is -2.07. The average Bonchev–Trinajstić information content (AvgIpc) is 2.42. The van der Waals surface area contributed by atoms with E-state index in [-0.39, 0.29) is 21.5 Å². The Morgan fingerprint density at radius 1 is 1.29 bits per heavy atom. The number of hydrogen-bond donors (Lipinski definition) is 0. The van der Waals surface area contributed by atoms with Crippen LogP contribution in [-0.4, -0.2) is 18.3 Å². The van der Waals surface area contributed by atoms with Crippen molar-refractivity contribution in [2.24, 2.45) is 0 Å². The maximum atomic E-state index is 12.0. The monoisotopic (exact) mass is 328 g/mol. The molecule has 0 spiro atoms. The van der Waals surface area contributed by atoms with Gasteiger partial charge < -0.3 is 4.18 Å². The molecule has 2 aromatic rings. The van der Waals surface area contributed by atoms with Gasteiger partial charge >= 0.3 is 10.1 Å². The van der Waals surface area contributed by atoms with Gasteiger partial charge in [0.05, 0.1) is 11.1 Å². The summed E-state index contributed by atoms with van der Waals surface area (Å²) in [4.78, 5) is 13.5. The van der Waals surface area contributed by atoms with E-state index in [1.807, 2.05) is 0 Å². The fourth-order valence-electron chi connectivity index (χ4n) is 1.47. The Bertz CT molecular complexity index is 790. The fourth-order valence-corrected chi connectivity index (χ4v) is 2.53. The minimum absolute atomic E-state index is 0.0341. The molecule has 0 aliphatic rings. The first-order valence-corrected chi connectivity index (χ1v) is 7.39. The van der Waals surface area contributed by atoms with Crippen LogP contribution in [-0.2, 0) is 10.1 Å². The third-order valence-corrected chi connectivity index (χ3v) is 4.14. The smallest absolute Gasteiger partial charge is 0.340 e. The number of nitro benzene ring substituents is 1. The van der Waals surface area contributed by atoms with Crippen molar-refractivity contribution in [1.82, 2.24) is 4.98 Å². The van der Waals surface area contributed by atoms with Gasteiger partial charge in [-0.1, -0.05) is 11.6 Å². The fraction of sp³-hybridized carbons (Fsp3) is 0.0833. The van der Waals surface area contributed by atoms with Crippen molar-refractivity contribution < 1.29 is 17.5 Å². The molecule has 0 atom stereocenters. The highest BCUT2D eigenvalue weighted by Gasteiger charge is 2.18. The normalized spacial score (nSPS) is 11.1. The summed E-state index contributed by atoms with van der Waals surface area (Å²) in [6, 6.07) is 6.03. The molecule has 110 valence electrons. The van der Waals surface area contributed by atoms with E-state index in [9.17, 15) is 18.5 Å². The number of hydrogen-bond acceptors (Lipinski definition) is 6. The zero-order valence-electron chi connectivity index (χ0n) is 10.7. The minimum atomic E-state index is -4.08. The predicted octanol–water partition coefficient (Wildman–Crippen LogP) is 2.72. The van der Waals surface area contributed by atoms with Gasteiger partial charge in [-0.3, -0.25) is 10.1 Å². The second kappa shape index (κ2) is 5.66. The summed E-state index contributed by atoms with van der Waals surface area (Å²) in [5.74, 6) is -0.0341. The van der Waals surface area contributed by atoms with E-state index in [4.69, 9.17) is 15.8 Å². The average molecular weight is 329 g/mol. The predicted molar refractivity (Wildman–Crippen MR) is 74.9 cm³/mol. The van der Waals surface area contributed by atoms with Crippen LogP contribution in [0.25, 0.3) is 0 Å². The SMILES string of the molecule is Cc1cc(S(=O)(=O)Oc2ccc([N+](=O)[O-])cc2)cnc1Cl. The molecule has 1 heterocycles. The van der Waals surface area contributed by atoms with Gasteiger partial charge in [0.25, 0.3) is 5.69 Å². The molecule has 1 aromatic heterocycles. The van der Waals surface area contributed by atoms with Crippen molar-refractivity contribution in [3.05, 3.63) is 57.4 Å². The molecule has 21 heavy (non-hydrogen) atoms. The van der Waals surface area contributed by atoms with E-state index in [1.165, 1.54) is 18.2 Å². The molecular weight excluding hydrogens is 320 g/mol. The molecule has 7 nitrogen and oxygen atoms in total. The highest BCUT2D eigenvalue weighted by Crippen LogP contribution is 2.23. The van der Waals surface area contributed by atoms with E-state index in [0.29, 0.717) is 5.56 Å². The molecule has 0 unspecified atom stereocenters. The van der Waals surface area contributed by atoms with Crippen LogP contribution in [0.3, 0.4) is 0 Å². The van der Waals surface area contributed by atoms with Gasteiger partial charge in [-0.2, -0.15) is 8.42 Å². The van der Waals surface area contributed by atoms with Crippen LogP contribution in [0.4, 0.5) is 5.69 Å². The lowest BCUT2D eigenvalue weighted by atomic mass is 10.3. The molecule has 0 aliphatic carbocycles. The number of pyridine rings is 1. The third kappa shape index (κ3) is 3.47. The second-order valence-corrected chi connectivity index (χ2v) is 5.97. The van der Waals surface area contributed by atoms with Gasteiger partial charge in [0.1, 0.15) is 15.8 Å². The zero-order valence-corrected chi connectivity index (χ0v) is 12.3. The quantitative estimate of drug-likeness (QED) is 0.370. The summed E-state index contributed by atoms with van der Waals surface area (Å²) >= 11 is 5.73. The second-order valence-electron chi connectivity index (χ2n) is 4.07. The first kappa shape index (κ1) is 15.2. The summed E-state index contributed by atoms with van der Waals surface area (Å²) in [5, 5.41) is 10.7. The first-order valence-electron chi connectivity index (χ1n) is 5.61. The standard InChI is InChI=1S/C12H9ClN2O5S/c1-8-6-11(7-14-12(8)13)21(18,19)20-10-4-2-9(3-5-10)15(16)17/h2-7H,1H3. The summed E-state index contributed by atoms with van der Waals surface area (Å²) in [5.41, 5.74) is 0.328. The number of nitro groups is 1. The number of rotatable bonds is 4. The van der Waals surface area contributed by atoms with E-state index in [0.717, 1.165) is 18.3 Å². The van der Waals surface area contributed by atoms with Crippen molar-refractivity contribution in [1.29, 1.82) is 0 Å². The van der Waals surface area contributed by atoms with Crippen LogP contribution in [0.1, 0.15) is 5.56 Å². The number of halogens is 1. The Balaban J connectivity index is 2.28. The first-order chi connectivity index (χ1) is 9.79. The molecule has 0 saturated heterocycles. The van der Waals surface area contributed by atoms with Crippen molar-refractivity contribution in [3.63, 3.8) is 0 Å². The van der Waals surface area contributed by atoms with Gasteiger partial charge in [-0.15, -0.1) is 0 Å². The van der Waals surface area contributed by atoms with Crippen molar-refractivity contribution >= 4 is 27.4 Å². The van der Waals surface area contributed by atoms with E-state index in [2.05, 4.69) is 4.98 Å². The van der Waals surface area contributed by atoms with E-state index >= 15 is 0 Å². The number of nitrogens with zero attached hydrogens (tertiary/aromatic N) is 2. The lowest BCUT2D eigenvalue weighted by molar-refractivity contribution is -0.384. The zero-order chi connectivity index (χ0) is 15.6. The van der Waals surface area contributed by atoms with Crippen LogP contribution >= 0.6 is 11.6 Å². The topological polar surface area (TPSA) is 99.4 Å². The largest absolute Gasteiger partial charge is 0.379 e. The molecule has 0 aliphatic heterocycles. The Hall–Kier alpha value is -2.19. The van der Waals surface area contributed by atoms with Gasteiger partial charge in [0.2, 0.25) is 0 Å². The van der Waals surface area contributed by atoms with Crippen LogP contribution in [0.15, 0.2) is 41.4 Å². The molecule has 9 heteroatoms. The molecule has 2 rings (SSSR count). The number of non-ortho nitro benzene ring substituents is 1. The highest BCUT2D eigenvalue weighted by atomic mass is 35.5. The molecular formula is C12H9ClN2O5S. The van der Waals surface area contributed by atoms with Gasteiger partial charge in [-0.25, -0.2) is 4.98 Å². The Morgan fingerprint density at radius 3 is 2.43 bits per heavy atom. The number of aromatic nitrogens is 1. The van der Waals surface area contributed by atoms with Crippen molar-refractivity contribution in [2.75, 3.05) is 0 Å². The number of benzene rings is 1. The van der Waals surface area contributed by atoms with Gasteiger partial charge in [0, 0.05) is 12.1 Å². The lowest BCUT2D eigenvalue weighted by Crippen LogP contribution is -2.10. The Kier molecular flexibility index (Phi) is 4.10. The van der Waals surface area contributed by atoms with Crippen LogP contribution in [0.2, 0.25) is 5.15 Å². The van der Waals surface area contributed by atoms with Crippen LogP contribution in [0.5, 0.6) is 5.75 Å². The van der Waals surface area contributed by atoms with Gasteiger partial charge in [-0.05, 0) is 30.7 Å². The highest BCUT2D eigenvalue weighted by molar-refractivity contribution is 7.87. The van der Waals surface area contributed by atoms with E-state index in [1.54, 1.807) is 6.92 Å². The molecule has 0 radical (unpaired) electrons. The minimum Gasteiger partial charge on any atom is -0.379 e. The summed E-state index contributed by atoms with van der Waals surface area (Å²) < 4.78 is 29.0. The number of aryl methyl sites for hydroxylation is 1.